The molecule has 320 valence electrons. The summed E-state index contributed by atoms with van der Waals surface area (Å²) in [6.45, 7) is 8.50. The zero-order valence-electron chi connectivity index (χ0n) is 37.4. The Morgan fingerprint density at radius 3 is 1.35 bits per heavy atom. The van der Waals surface area contributed by atoms with Gasteiger partial charge in [0.05, 0.1) is 0 Å². The molecule has 0 aliphatic heterocycles. The Hall–Kier alpha value is -5.24. The van der Waals surface area contributed by atoms with Crippen LogP contribution in [0, 0.1) is 51.4 Å². The lowest BCUT2D eigenvalue weighted by atomic mass is 9.81. The van der Waals surface area contributed by atoms with E-state index in [-0.39, 0.29) is 47.3 Å². The van der Waals surface area contributed by atoms with E-state index in [4.69, 9.17) is 0 Å². The van der Waals surface area contributed by atoms with E-state index in [1.807, 2.05) is 0 Å². The highest BCUT2D eigenvalue weighted by molar-refractivity contribution is 5.80. The van der Waals surface area contributed by atoms with Crippen LogP contribution in [-0.2, 0) is 70.5 Å². The lowest BCUT2D eigenvalue weighted by Gasteiger charge is -2.24. The van der Waals surface area contributed by atoms with Gasteiger partial charge in [-0.05, 0) is 160 Å². The molecule has 0 saturated heterocycles. The van der Waals surface area contributed by atoms with Crippen molar-refractivity contribution in [1.29, 1.82) is 0 Å². The minimum atomic E-state index is 0.170. The van der Waals surface area contributed by atoms with Gasteiger partial charge in [0.25, 0.3) is 0 Å². The Balaban J connectivity index is 0.000000152. The maximum absolute atomic E-state index is 11.6. The highest BCUT2D eigenvalue weighted by Gasteiger charge is 2.27. The van der Waals surface area contributed by atoms with Crippen LogP contribution < -0.4 is 21.3 Å². The Labute approximate surface area is 359 Å². The summed E-state index contributed by atoms with van der Waals surface area (Å²) in [7, 11) is 6.87. The normalized spacial score (nSPS) is 19.5. The molecular formula is C52H68N4O4. The third-order valence-corrected chi connectivity index (χ3v) is 13.1. The van der Waals surface area contributed by atoms with Gasteiger partial charge in [0.15, 0.2) is 0 Å². The van der Waals surface area contributed by atoms with Crippen molar-refractivity contribution < 1.29 is 19.2 Å². The number of carbonyl (C=O) groups excluding carboxylic acids is 4. The number of aryl methyl sites for hydroxylation is 7. The van der Waals surface area contributed by atoms with Gasteiger partial charge in [0.1, 0.15) is 0 Å². The first-order valence-corrected chi connectivity index (χ1v) is 22.0. The standard InChI is InChI=1S/4C13H17NO/c1-9-3-4-11-8-12(13(15)14-2)6-5-10(11)7-9;1-9-3-4-10-5-6-11(13(15)14-2)8-12(10)7-9;1-9-4-3-5-10-8-11(13(15)14-2)6-7-12(9)10;1-9-4-3-5-10-6-7-11(8-12(9)10)13(15)14-2/h3-4,7,12H,5-6,8H2,1-2H3,(H,14,15);3-4,7,11H,5-6,8H2,1-2H3,(H,14,15);2*3-5,11H,6-8H2,1-2H3,(H,14,15). The summed E-state index contributed by atoms with van der Waals surface area (Å²) in [6, 6.07) is 25.9. The third kappa shape index (κ3) is 11.9. The highest BCUT2D eigenvalue weighted by Crippen LogP contribution is 2.30. The van der Waals surface area contributed by atoms with Gasteiger partial charge in [-0.3, -0.25) is 19.2 Å². The fourth-order valence-electron chi connectivity index (χ4n) is 9.45. The first-order valence-electron chi connectivity index (χ1n) is 22.0. The number of fused-ring (bicyclic) bond motifs is 4. The molecule has 8 nitrogen and oxygen atoms in total. The van der Waals surface area contributed by atoms with Crippen LogP contribution in [0.4, 0.5) is 0 Å². The van der Waals surface area contributed by atoms with Crippen molar-refractivity contribution in [2.45, 2.75) is 105 Å². The van der Waals surface area contributed by atoms with E-state index in [1.165, 1.54) is 66.8 Å². The number of nitrogens with one attached hydrogen (secondary N) is 4. The molecule has 4 aromatic rings. The molecule has 0 radical (unpaired) electrons. The summed E-state index contributed by atoms with van der Waals surface area (Å²) in [5, 5.41) is 11.0. The molecule has 8 heteroatoms. The van der Waals surface area contributed by atoms with Gasteiger partial charge < -0.3 is 21.3 Å². The van der Waals surface area contributed by atoms with Crippen molar-refractivity contribution in [1.82, 2.24) is 21.3 Å². The van der Waals surface area contributed by atoms with Crippen LogP contribution in [0.3, 0.4) is 0 Å². The van der Waals surface area contributed by atoms with Crippen molar-refractivity contribution >= 4 is 23.6 Å². The van der Waals surface area contributed by atoms with Crippen molar-refractivity contribution in [3.8, 4) is 0 Å². The van der Waals surface area contributed by atoms with Crippen LogP contribution in [-0.4, -0.2) is 51.8 Å². The van der Waals surface area contributed by atoms with E-state index in [0.29, 0.717) is 0 Å². The summed E-state index contributed by atoms with van der Waals surface area (Å²) in [4.78, 5) is 46.2. The van der Waals surface area contributed by atoms with E-state index in [0.717, 1.165) is 77.0 Å². The zero-order valence-corrected chi connectivity index (χ0v) is 37.4. The molecule has 0 fully saturated rings. The fraction of sp³-hybridized carbons (Fsp3) is 0.462. The van der Waals surface area contributed by atoms with E-state index in [1.54, 1.807) is 28.2 Å². The van der Waals surface area contributed by atoms with E-state index < -0.39 is 0 Å². The average Bonchev–Trinajstić information content (AvgIpc) is 3.28. The van der Waals surface area contributed by atoms with Crippen molar-refractivity contribution in [2.24, 2.45) is 23.7 Å². The summed E-state index contributed by atoms with van der Waals surface area (Å²) in [6.07, 6.45) is 11.7. The first kappa shape index (κ1) is 45.8. The molecule has 0 saturated carbocycles. The average molecular weight is 813 g/mol. The molecule has 60 heavy (non-hydrogen) atoms. The molecule has 4 aliphatic carbocycles. The fourth-order valence-corrected chi connectivity index (χ4v) is 9.45. The molecule has 8 rings (SSSR count). The second kappa shape index (κ2) is 21.8. The predicted molar refractivity (Wildman–Crippen MR) is 243 cm³/mol. The van der Waals surface area contributed by atoms with Gasteiger partial charge in [-0.25, -0.2) is 0 Å². The van der Waals surface area contributed by atoms with Crippen LogP contribution in [0.15, 0.2) is 72.8 Å². The van der Waals surface area contributed by atoms with Crippen molar-refractivity contribution in [2.75, 3.05) is 28.2 Å². The molecule has 0 spiro atoms. The van der Waals surface area contributed by atoms with Gasteiger partial charge in [0.2, 0.25) is 23.6 Å². The second-order valence-electron chi connectivity index (χ2n) is 17.2. The SMILES string of the molecule is CNC(=O)C1CCc2c(C)cccc2C1.CNC(=O)C1CCc2cc(C)ccc2C1.CNC(=O)C1CCc2ccc(C)cc2C1.CNC(=O)C1CCc2cccc(C)c2C1. The number of benzene rings is 4. The van der Waals surface area contributed by atoms with Crippen LogP contribution >= 0.6 is 0 Å². The lowest BCUT2D eigenvalue weighted by molar-refractivity contribution is -0.125. The molecule has 4 aromatic carbocycles. The smallest absolute Gasteiger partial charge is 0.223 e. The van der Waals surface area contributed by atoms with Crippen LogP contribution in [0.1, 0.15) is 92.4 Å². The van der Waals surface area contributed by atoms with Crippen LogP contribution in [0.5, 0.6) is 0 Å². The summed E-state index contributed by atoms with van der Waals surface area (Å²) in [5.41, 5.74) is 16.5. The molecule has 0 heterocycles. The minimum absolute atomic E-state index is 0.170. The third-order valence-electron chi connectivity index (χ3n) is 13.1. The Kier molecular flexibility index (Phi) is 16.7. The maximum Gasteiger partial charge on any atom is 0.223 e. The van der Waals surface area contributed by atoms with Crippen LogP contribution in [0.2, 0.25) is 0 Å². The molecule has 4 amide bonds. The molecule has 4 unspecified atom stereocenters. The Bertz CT molecular complexity index is 2120. The highest BCUT2D eigenvalue weighted by atomic mass is 16.2. The second-order valence-corrected chi connectivity index (χ2v) is 17.2. The Morgan fingerprint density at radius 1 is 0.400 bits per heavy atom. The topological polar surface area (TPSA) is 116 Å². The largest absolute Gasteiger partial charge is 0.359 e. The number of rotatable bonds is 4. The maximum atomic E-state index is 11.6. The van der Waals surface area contributed by atoms with Crippen molar-refractivity contribution in [3.05, 3.63) is 140 Å². The first-order chi connectivity index (χ1) is 28.8. The molecule has 4 aliphatic rings. The number of carbonyl (C=O) groups is 4. The monoisotopic (exact) mass is 813 g/mol. The Morgan fingerprint density at radius 2 is 0.800 bits per heavy atom. The van der Waals surface area contributed by atoms with Gasteiger partial charge in [-0.1, -0.05) is 83.9 Å². The number of hydrogen-bond donors (Lipinski definition) is 4. The molecule has 0 aromatic heterocycles. The lowest BCUT2D eigenvalue weighted by Crippen LogP contribution is -2.31. The van der Waals surface area contributed by atoms with Crippen molar-refractivity contribution in [3.63, 3.8) is 0 Å². The zero-order chi connectivity index (χ0) is 43.3. The van der Waals surface area contributed by atoms with E-state index >= 15 is 0 Å². The molecular weight excluding hydrogens is 745 g/mol. The minimum Gasteiger partial charge on any atom is -0.359 e. The summed E-state index contributed by atoms with van der Waals surface area (Å²) >= 11 is 0. The van der Waals surface area contributed by atoms with Crippen LogP contribution in [0.25, 0.3) is 0 Å². The van der Waals surface area contributed by atoms with E-state index in [2.05, 4.69) is 122 Å². The van der Waals surface area contributed by atoms with E-state index in [9.17, 15) is 19.2 Å². The van der Waals surface area contributed by atoms with Gasteiger partial charge in [-0.2, -0.15) is 0 Å². The molecule has 0 bridgehead atoms. The molecule has 4 atom stereocenters. The quantitative estimate of drug-likeness (QED) is 0.172. The summed E-state index contributed by atoms with van der Waals surface area (Å²) < 4.78 is 0. The number of hydrogen-bond acceptors (Lipinski definition) is 4. The van der Waals surface area contributed by atoms with Gasteiger partial charge >= 0.3 is 0 Å². The molecule has 4 N–H and O–H groups in total. The number of amides is 4. The predicted octanol–water partition coefficient (Wildman–Crippen LogP) is 7.38. The summed E-state index contributed by atoms with van der Waals surface area (Å²) in [5.74, 6) is 1.41. The van der Waals surface area contributed by atoms with Gasteiger partial charge in [0, 0.05) is 51.9 Å². The van der Waals surface area contributed by atoms with Gasteiger partial charge in [-0.15, -0.1) is 0 Å².